The van der Waals surface area contributed by atoms with E-state index in [1.165, 1.54) is 6.92 Å². The van der Waals surface area contributed by atoms with Crippen LogP contribution in [0.25, 0.3) is 0 Å². The van der Waals surface area contributed by atoms with Gasteiger partial charge in [-0.1, -0.05) is 6.92 Å². The second kappa shape index (κ2) is 4.63. The zero-order valence-corrected chi connectivity index (χ0v) is 10.6. The summed E-state index contributed by atoms with van der Waals surface area (Å²) >= 11 is 0. The van der Waals surface area contributed by atoms with Crippen LogP contribution in [0.15, 0.2) is 0 Å². The van der Waals surface area contributed by atoms with Crippen LogP contribution in [0.4, 0.5) is 9.59 Å². The summed E-state index contributed by atoms with van der Waals surface area (Å²) in [7, 11) is 2.16. The molecule has 1 saturated heterocycles. The molecule has 0 atom stereocenters. The predicted octanol–water partition coefficient (Wildman–Crippen LogP) is 0.316. The molecule has 1 aliphatic heterocycles. The van der Waals surface area contributed by atoms with Gasteiger partial charge in [0.15, 0.2) is 0 Å². The summed E-state index contributed by atoms with van der Waals surface area (Å²) in [6, 6.07) is 0. The second-order valence-corrected chi connectivity index (χ2v) is 3.79. The highest BCUT2D eigenvalue weighted by atomic mass is 16.6. The van der Waals surface area contributed by atoms with Crippen molar-refractivity contribution in [1.29, 1.82) is 0 Å². The fourth-order valence-electron chi connectivity index (χ4n) is 1.79. The van der Waals surface area contributed by atoms with Gasteiger partial charge in [0, 0.05) is 0 Å². The standard InChI is InChI=1S/C10H14N2O6/c1-5-10(2)11(8(15)17-3)6(13)7(14)12(10)9(16)18-4/h5H2,1-4H3. The number of imide groups is 2. The molecule has 0 aromatic carbocycles. The average Bonchev–Trinajstić information content (AvgIpc) is 2.56. The Bertz CT molecular complexity index is 385. The number of rotatable bonds is 1. The van der Waals surface area contributed by atoms with Crippen LogP contribution in [-0.2, 0) is 19.1 Å². The minimum atomic E-state index is -1.42. The number of nitrogens with zero attached hydrogens (tertiary/aromatic N) is 2. The molecule has 8 nitrogen and oxygen atoms in total. The van der Waals surface area contributed by atoms with Crippen LogP contribution in [0.2, 0.25) is 0 Å². The molecule has 0 N–H and O–H groups in total. The lowest BCUT2D eigenvalue weighted by Gasteiger charge is -2.35. The Hall–Kier alpha value is -2.12. The molecule has 0 aromatic heterocycles. The summed E-state index contributed by atoms with van der Waals surface area (Å²) < 4.78 is 8.89. The molecule has 0 unspecified atom stereocenters. The summed E-state index contributed by atoms with van der Waals surface area (Å²) in [6.45, 7) is 3.03. The number of methoxy groups -OCH3 is 2. The van der Waals surface area contributed by atoms with E-state index >= 15 is 0 Å². The highest BCUT2D eigenvalue weighted by Crippen LogP contribution is 2.32. The Morgan fingerprint density at radius 2 is 1.39 bits per heavy atom. The molecular formula is C10H14N2O6. The fourth-order valence-corrected chi connectivity index (χ4v) is 1.79. The third-order valence-corrected chi connectivity index (χ3v) is 2.94. The summed E-state index contributed by atoms with van der Waals surface area (Å²) in [5.41, 5.74) is -1.42. The molecule has 1 rings (SSSR count). The molecular weight excluding hydrogens is 244 g/mol. The Kier molecular flexibility index (Phi) is 3.59. The van der Waals surface area contributed by atoms with E-state index < -0.39 is 29.7 Å². The van der Waals surface area contributed by atoms with Crippen molar-refractivity contribution < 1.29 is 28.7 Å². The minimum Gasteiger partial charge on any atom is -0.452 e. The first-order valence-corrected chi connectivity index (χ1v) is 5.19. The van der Waals surface area contributed by atoms with Crippen LogP contribution in [0, 0.1) is 0 Å². The van der Waals surface area contributed by atoms with Crippen molar-refractivity contribution in [1.82, 2.24) is 9.80 Å². The first kappa shape index (κ1) is 13.9. The summed E-state index contributed by atoms with van der Waals surface area (Å²) in [4.78, 5) is 47.8. The third kappa shape index (κ3) is 1.69. The van der Waals surface area contributed by atoms with Crippen molar-refractivity contribution in [2.45, 2.75) is 25.9 Å². The number of ether oxygens (including phenoxy) is 2. The lowest BCUT2D eigenvalue weighted by molar-refractivity contribution is -0.142. The van der Waals surface area contributed by atoms with Crippen molar-refractivity contribution in [3.63, 3.8) is 0 Å². The van der Waals surface area contributed by atoms with Crippen LogP contribution in [-0.4, -0.2) is 53.7 Å². The van der Waals surface area contributed by atoms with Crippen LogP contribution in [0.5, 0.6) is 0 Å². The Morgan fingerprint density at radius 1 is 1.06 bits per heavy atom. The van der Waals surface area contributed by atoms with E-state index in [2.05, 4.69) is 9.47 Å². The predicted molar refractivity (Wildman–Crippen MR) is 57.2 cm³/mol. The van der Waals surface area contributed by atoms with E-state index in [1.807, 2.05) is 0 Å². The molecule has 4 amide bonds. The van der Waals surface area contributed by atoms with E-state index in [4.69, 9.17) is 0 Å². The smallest absolute Gasteiger partial charge is 0.418 e. The largest absolute Gasteiger partial charge is 0.452 e. The van der Waals surface area contributed by atoms with Crippen LogP contribution >= 0.6 is 0 Å². The van der Waals surface area contributed by atoms with Gasteiger partial charge in [-0.25, -0.2) is 19.4 Å². The van der Waals surface area contributed by atoms with E-state index in [9.17, 15) is 19.2 Å². The molecule has 0 bridgehead atoms. The molecule has 100 valence electrons. The summed E-state index contributed by atoms with van der Waals surface area (Å²) in [5, 5.41) is 0. The van der Waals surface area contributed by atoms with Crippen molar-refractivity contribution in [2.75, 3.05) is 14.2 Å². The van der Waals surface area contributed by atoms with Gasteiger partial charge in [0.2, 0.25) is 0 Å². The van der Waals surface area contributed by atoms with Gasteiger partial charge < -0.3 is 9.47 Å². The molecule has 1 heterocycles. The second-order valence-electron chi connectivity index (χ2n) is 3.79. The highest BCUT2D eigenvalue weighted by Gasteiger charge is 2.59. The Balaban J connectivity index is 3.31. The Labute approximate surface area is 103 Å². The van der Waals surface area contributed by atoms with E-state index in [1.54, 1.807) is 6.92 Å². The molecule has 0 spiro atoms. The maximum atomic E-state index is 11.7. The normalized spacial score (nSPS) is 18.0. The van der Waals surface area contributed by atoms with E-state index in [0.29, 0.717) is 9.80 Å². The first-order valence-electron chi connectivity index (χ1n) is 5.19. The molecule has 0 radical (unpaired) electrons. The van der Waals surface area contributed by atoms with Gasteiger partial charge in [0.05, 0.1) is 14.2 Å². The van der Waals surface area contributed by atoms with E-state index in [-0.39, 0.29) is 6.42 Å². The van der Waals surface area contributed by atoms with Crippen LogP contribution < -0.4 is 0 Å². The lowest BCUT2D eigenvalue weighted by atomic mass is 10.1. The molecule has 0 aromatic rings. The van der Waals surface area contributed by atoms with Crippen LogP contribution in [0.3, 0.4) is 0 Å². The molecule has 0 aliphatic carbocycles. The van der Waals surface area contributed by atoms with Crippen molar-refractivity contribution in [3.8, 4) is 0 Å². The number of carbonyl (C=O) groups excluding carboxylic acids is 4. The maximum absolute atomic E-state index is 11.7. The fraction of sp³-hybridized carbons (Fsp3) is 0.600. The molecule has 0 saturated carbocycles. The lowest BCUT2D eigenvalue weighted by Crippen LogP contribution is -2.55. The molecule has 8 heteroatoms. The number of amides is 4. The van der Waals surface area contributed by atoms with E-state index in [0.717, 1.165) is 14.2 Å². The highest BCUT2D eigenvalue weighted by molar-refractivity contribution is 6.42. The summed E-state index contributed by atoms with van der Waals surface area (Å²) in [5.74, 6) is -2.23. The van der Waals surface area contributed by atoms with Gasteiger partial charge in [-0.2, -0.15) is 0 Å². The SMILES string of the molecule is CCC1(C)N(C(=O)OC)C(=O)C(=O)N1C(=O)OC. The Morgan fingerprint density at radius 3 is 1.61 bits per heavy atom. The van der Waals surface area contributed by atoms with Gasteiger partial charge >= 0.3 is 24.0 Å². The average molecular weight is 258 g/mol. The first-order chi connectivity index (χ1) is 8.34. The van der Waals surface area contributed by atoms with Gasteiger partial charge in [-0.05, 0) is 13.3 Å². The van der Waals surface area contributed by atoms with Crippen molar-refractivity contribution in [3.05, 3.63) is 0 Å². The maximum Gasteiger partial charge on any atom is 0.418 e. The minimum absolute atomic E-state index is 0.161. The van der Waals surface area contributed by atoms with Gasteiger partial charge in [0.1, 0.15) is 5.66 Å². The van der Waals surface area contributed by atoms with Crippen molar-refractivity contribution in [2.24, 2.45) is 0 Å². The molecule has 1 aliphatic rings. The van der Waals surface area contributed by atoms with Crippen LogP contribution in [0.1, 0.15) is 20.3 Å². The van der Waals surface area contributed by atoms with Gasteiger partial charge in [-0.3, -0.25) is 9.59 Å². The number of hydrogen-bond donors (Lipinski definition) is 0. The van der Waals surface area contributed by atoms with Crippen molar-refractivity contribution >= 4 is 24.0 Å². The monoisotopic (exact) mass is 258 g/mol. The summed E-state index contributed by atoms with van der Waals surface area (Å²) in [6.07, 6.45) is -1.83. The third-order valence-electron chi connectivity index (χ3n) is 2.94. The zero-order chi connectivity index (χ0) is 14.1. The quantitative estimate of drug-likeness (QED) is 0.628. The topological polar surface area (TPSA) is 93.2 Å². The zero-order valence-electron chi connectivity index (χ0n) is 10.6. The van der Waals surface area contributed by atoms with Gasteiger partial charge in [0.25, 0.3) is 0 Å². The molecule has 1 fully saturated rings. The molecule has 18 heavy (non-hydrogen) atoms. The van der Waals surface area contributed by atoms with Gasteiger partial charge in [-0.15, -0.1) is 0 Å². The number of carbonyl (C=O) groups is 4. The number of hydrogen-bond acceptors (Lipinski definition) is 6.